The number of nitrogens with zero attached hydrogens (tertiary/aromatic N) is 2. The molecule has 1 amide bonds. The monoisotopic (exact) mass is 250 g/mol. The van der Waals surface area contributed by atoms with E-state index in [0.29, 0.717) is 5.69 Å². The van der Waals surface area contributed by atoms with Gasteiger partial charge in [0.25, 0.3) is 11.5 Å². The number of amides is 1. The Hall–Kier alpha value is -2.64. The maximum absolute atomic E-state index is 11.7. The number of aromatic nitrogens is 3. The first-order valence-electron chi connectivity index (χ1n) is 5.07. The smallest absolute Gasteiger partial charge is 0.322 e. The third-order valence-electron chi connectivity index (χ3n) is 2.27. The molecule has 0 atom stereocenters. The lowest BCUT2D eigenvalue weighted by Gasteiger charge is -2.00. The van der Waals surface area contributed by atoms with E-state index in [1.165, 1.54) is 12.3 Å². The van der Waals surface area contributed by atoms with E-state index in [9.17, 15) is 14.4 Å². The Balaban J connectivity index is 2.43. The van der Waals surface area contributed by atoms with Crippen molar-refractivity contribution in [3.8, 4) is 0 Å². The van der Waals surface area contributed by atoms with E-state index in [-0.39, 0.29) is 16.8 Å². The topological polar surface area (TPSA) is 117 Å². The number of nitrogens with one attached hydrogen (secondary N) is 2. The number of hydrogen-bond acceptors (Lipinski definition) is 4. The zero-order valence-electron chi connectivity index (χ0n) is 9.43. The molecule has 0 fully saturated rings. The van der Waals surface area contributed by atoms with E-state index in [0.717, 1.165) is 4.52 Å². The number of carbonyl (C=O) groups is 2. The Morgan fingerprint density at radius 1 is 1.56 bits per heavy atom. The first-order valence-corrected chi connectivity index (χ1v) is 5.07. The summed E-state index contributed by atoms with van der Waals surface area (Å²) >= 11 is 0. The Labute approximate surface area is 100 Å². The van der Waals surface area contributed by atoms with E-state index < -0.39 is 18.4 Å². The Kier molecular flexibility index (Phi) is 2.84. The number of rotatable bonds is 3. The number of fused-ring (bicyclic) bond motifs is 1. The van der Waals surface area contributed by atoms with Crippen molar-refractivity contribution >= 4 is 17.5 Å². The summed E-state index contributed by atoms with van der Waals surface area (Å²) in [6, 6.07) is 1.32. The minimum absolute atomic E-state index is 0.122. The third kappa shape index (κ3) is 2.08. The molecule has 0 saturated carbocycles. The normalized spacial score (nSPS) is 10.5. The van der Waals surface area contributed by atoms with Crippen molar-refractivity contribution in [1.82, 2.24) is 19.9 Å². The molecule has 8 nitrogen and oxygen atoms in total. The standard InChI is InChI=1S/C10H10N4O4/c1-5-2-7(15)14-9(13-5)6(3-12-14)10(18)11-4-8(16)17/h2-3,12H,4H2,1H3,(H,11,18)(H,16,17). The van der Waals surface area contributed by atoms with Crippen LogP contribution in [0.3, 0.4) is 0 Å². The number of carbonyl (C=O) groups excluding carboxylic acids is 1. The largest absolute Gasteiger partial charge is 0.480 e. The van der Waals surface area contributed by atoms with Crippen molar-refractivity contribution in [3.63, 3.8) is 0 Å². The molecule has 94 valence electrons. The van der Waals surface area contributed by atoms with Crippen LogP contribution < -0.4 is 10.9 Å². The molecule has 18 heavy (non-hydrogen) atoms. The fourth-order valence-corrected chi connectivity index (χ4v) is 1.51. The second-order valence-electron chi connectivity index (χ2n) is 3.66. The zero-order valence-corrected chi connectivity index (χ0v) is 9.43. The summed E-state index contributed by atoms with van der Waals surface area (Å²) < 4.78 is 1.11. The number of H-pyrrole nitrogens is 1. The predicted molar refractivity (Wildman–Crippen MR) is 60.5 cm³/mol. The van der Waals surface area contributed by atoms with E-state index in [4.69, 9.17) is 5.11 Å². The summed E-state index contributed by atoms with van der Waals surface area (Å²) in [7, 11) is 0. The molecule has 0 bridgehead atoms. The molecule has 0 aliphatic rings. The van der Waals surface area contributed by atoms with Crippen molar-refractivity contribution in [1.29, 1.82) is 0 Å². The third-order valence-corrected chi connectivity index (χ3v) is 2.27. The molecule has 0 aliphatic carbocycles. The minimum atomic E-state index is -1.15. The molecule has 3 N–H and O–H groups in total. The molecule has 0 saturated heterocycles. The Bertz CT molecular complexity index is 685. The Morgan fingerprint density at radius 2 is 2.28 bits per heavy atom. The van der Waals surface area contributed by atoms with E-state index in [2.05, 4.69) is 15.4 Å². The molecular formula is C10H10N4O4. The summed E-state index contributed by atoms with van der Waals surface area (Å²) in [5.74, 6) is -1.75. The molecule has 0 unspecified atom stereocenters. The number of aromatic amines is 1. The van der Waals surface area contributed by atoms with Gasteiger partial charge in [-0.25, -0.2) is 9.50 Å². The van der Waals surface area contributed by atoms with Gasteiger partial charge in [0.1, 0.15) is 12.1 Å². The molecule has 2 heterocycles. The average molecular weight is 250 g/mol. The summed E-state index contributed by atoms with van der Waals surface area (Å²) in [5.41, 5.74) is 0.432. The zero-order chi connectivity index (χ0) is 13.3. The van der Waals surface area contributed by atoms with Gasteiger partial charge in [-0.1, -0.05) is 0 Å². The van der Waals surface area contributed by atoms with Gasteiger partial charge in [-0.2, -0.15) is 0 Å². The van der Waals surface area contributed by atoms with Gasteiger partial charge in [0.15, 0.2) is 5.65 Å². The van der Waals surface area contributed by atoms with Crippen LogP contribution in [0.25, 0.3) is 5.65 Å². The van der Waals surface area contributed by atoms with Gasteiger partial charge in [-0.3, -0.25) is 19.5 Å². The maximum Gasteiger partial charge on any atom is 0.322 e. The highest BCUT2D eigenvalue weighted by Crippen LogP contribution is 2.05. The van der Waals surface area contributed by atoms with Crippen LogP contribution in [0.2, 0.25) is 0 Å². The van der Waals surface area contributed by atoms with Gasteiger partial charge in [0, 0.05) is 18.0 Å². The fourth-order valence-electron chi connectivity index (χ4n) is 1.51. The molecule has 2 aromatic rings. The molecule has 0 spiro atoms. The molecule has 0 aliphatic heterocycles. The second kappa shape index (κ2) is 4.32. The van der Waals surface area contributed by atoms with Gasteiger partial charge in [0.05, 0.1) is 0 Å². The van der Waals surface area contributed by atoms with E-state index in [1.54, 1.807) is 6.92 Å². The average Bonchev–Trinajstić information content (AvgIpc) is 2.69. The highest BCUT2D eigenvalue weighted by molar-refractivity contribution is 6.00. The predicted octanol–water partition coefficient (Wildman–Crippen LogP) is -0.855. The Morgan fingerprint density at radius 3 is 2.94 bits per heavy atom. The fraction of sp³-hybridized carbons (Fsp3) is 0.200. The first-order chi connectivity index (χ1) is 8.49. The van der Waals surface area contributed by atoms with Crippen LogP contribution in [-0.4, -0.2) is 38.1 Å². The second-order valence-corrected chi connectivity index (χ2v) is 3.66. The van der Waals surface area contributed by atoms with Gasteiger partial charge in [0.2, 0.25) is 0 Å². The van der Waals surface area contributed by atoms with Gasteiger partial charge >= 0.3 is 5.97 Å². The van der Waals surface area contributed by atoms with Crippen LogP contribution in [0.4, 0.5) is 0 Å². The van der Waals surface area contributed by atoms with Crippen molar-refractivity contribution in [2.75, 3.05) is 6.54 Å². The van der Waals surface area contributed by atoms with Crippen LogP contribution in [0.1, 0.15) is 16.1 Å². The lowest BCUT2D eigenvalue weighted by atomic mass is 10.3. The first kappa shape index (κ1) is 11.8. The van der Waals surface area contributed by atoms with Crippen LogP contribution in [0.15, 0.2) is 17.1 Å². The summed E-state index contributed by atoms with van der Waals surface area (Å²) in [4.78, 5) is 37.7. The van der Waals surface area contributed by atoms with Crippen molar-refractivity contribution in [2.45, 2.75) is 6.92 Å². The van der Waals surface area contributed by atoms with Crippen molar-refractivity contribution in [3.05, 3.63) is 33.9 Å². The summed E-state index contributed by atoms with van der Waals surface area (Å²) in [6.45, 7) is 1.14. The molecule has 8 heteroatoms. The van der Waals surface area contributed by atoms with E-state index >= 15 is 0 Å². The van der Waals surface area contributed by atoms with Gasteiger partial charge < -0.3 is 10.4 Å². The molecule has 2 aromatic heterocycles. The number of carboxylic acids is 1. The number of carboxylic acid groups (broad SMARTS) is 1. The molecule has 2 rings (SSSR count). The van der Waals surface area contributed by atoms with Gasteiger partial charge in [-0.15, -0.1) is 0 Å². The van der Waals surface area contributed by atoms with Crippen LogP contribution in [0, 0.1) is 6.92 Å². The lowest BCUT2D eigenvalue weighted by molar-refractivity contribution is -0.135. The van der Waals surface area contributed by atoms with Gasteiger partial charge in [-0.05, 0) is 6.92 Å². The highest BCUT2D eigenvalue weighted by Gasteiger charge is 2.15. The molecule has 0 aromatic carbocycles. The lowest BCUT2D eigenvalue weighted by Crippen LogP contribution is -2.29. The summed E-state index contributed by atoms with van der Waals surface area (Å²) in [6.07, 6.45) is 1.31. The van der Waals surface area contributed by atoms with Crippen molar-refractivity contribution in [2.24, 2.45) is 0 Å². The number of aryl methyl sites for hydroxylation is 1. The summed E-state index contributed by atoms with van der Waals surface area (Å²) in [5, 5.41) is 13.3. The molecule has 0 radical (unpaired) electrons. The molecular weight excluding hydrogens is 240 g/mol. The maximum atomic E-state index is 11.7. The van der Waals surface area contributed by atoms with Crippen molar-refractivity contribution < 1.29 is 14.7 Å². The highest BCUT2D eigenvalue weighted by atomic mass is 16.4. The quantitative estimate of drug-likeness (QED) is 0.655. The van der Waals surface area contributed by atoms with E-state index in [1.807, 2.05) is 0 Å². The SMILES string of the molecule is Cc1cc(=O)n2[nH]cc(C(=O)NCC(=O)O)c2n1. The minimum Gasteiger partial charge on any atom is -0.480 e. The number of hydrogen-bond donors (Lipinski definition) is 3. The number of aliphatic carboxylic acids is 1. The van der Waals surface area contributed by atoms with Crippen LogP contribution in [-0.2, 0) is 4.79 Å². The van der Waals surface area contributed by atoms with Crippen LogP contribution in [0.5, 0.6) is 0 Å². The van der Waals surface area contributed by atoms with Crippen LogP contribution >= 0.6 is 0 Å².